The van der Waals surface area contributed by atoms with Crippen LogP contribution in [0.5, 0.6) is 0 Å². The molecule has 2 fully saturated rings. The first-order valence-corrected chi connectivity index (χ1v) is 13.1. The van der Waals surface area contributed by atoms with Crippen LogP contribution in [-0.2, 0) is 0 Å². The highest BCUT2D eigenvalue weighted by Crippen LogP contribution is 2.62. The minimum Gasteiger partial charge on any atom is -0.0691 e. The first kappa shape index (κ1) is 11.8. The van der Waals surface area contributed by atoms with Crippen LogP contribution in [0.15, 0.2) is 0 Å². The Morgan fingerprint density at radius 3 is 1.80 bits per heavy atom. The fraction of sp³-hybridized carbons (Fsp3) is 0.923. The van der Waals surface area contributed by atoms with Crippen LogP contribution in [0.25, 0.3) is 0 Å². The molecule has 0 atom stereocenters. The Bertz CT molecular complexity index is 219. The lowest BCUT2D eigenvalue weighted by molar-refractivity contribution is 0.496. The lowest BCUT2D eigenvalue weighted by Gasteiger charge is -2.58. The van der Waals surface area contributed by atoms with Gasteiger partial charge in [-0.15, -0.1) is 0 Å². The molecule has 1 heterocycles. The molecule has 0 aromatic rings. The second-order valence-electron chi connectivity index (χ2n) is 7.07. The maximum absolute atomic E-state index is 2.70. The molecular formula is C13H27Si2+. The van der Waals surface area contributed by atoms with Gasteiger partial charge in [0.1, 0.15) is 0 Å². The minimum atomic E-state index is -0.934. The van der Waals surface area contributed by atoms with Gasteiger partial charge in [0.25, 0.3) is 0 Å². The van der Waals surface area contributed by atoms with Gasteiger partial charge in [0.05, 0.1) is 35.4 Å². The van der Waals surface area contributed by atoms with Gasteiger partial charge < -0.3 is 0 Å². The summed E-state index contributed by atoms with van der Waals surface area (Å²) in [5, 5.41) is 0. The van der Waals surface area contributed by atoms with Crippen molar-refractivity contribution >= 4 is 16.1 Å². The zero-order valence-corrected chi connectivity index (χ0v) is 13.0. The molecule has 0 amide bonds. The van der Waals surface area contributed by atoms with Crippen molar-refractivity contribution in [2.45, 2.75) is 75.0 Å². The van der Waals surface area contributed by atoms with Crippen LogP contribution in [0.2, 0.25) is 42.9 Å². The van der Waals surface area contributed by atoms with E-state index in [0.717, 1.165) is 4.66 Å². The standard InChI is InChI=1S/C13H27Si2/c1-14(2)11-8-12-15(3,4)13(14)9-6-5-7-10-13/h5H,6-12H2,1-4H3/q+1. The second kappa shape index (κ2) is 3.66. The zero-order valence-electron chi connectivity index (χ0n) is 11.0. The van der Waals surface area contributed by atoms with E-state index >= 15 is 0 Å². The van der Waals surface area contributed by atoms with E-state index in [1.807, 2.05) is 0 Å². The summed E-state index contributed by atoms with van der Waals surface area (Å²) in [6.45, 7) is 10.8. The van der Waals surface area contributed by atoms with E-state index in [1.165, 1.54) is 12.8 Å². The summed E-state index contributed by atoms with van der Waals surface area (Å²) in [7, 11) is -1.87. The lowest BCUT2D eigenvalue weighted by Crippen LogP contribution is -2.60. The number of hydrogen-bond acceptors (Lipinski definition) is 0. The largest absolute Gasteiger partial charge is 0.0875 e. The van der Waals surface area contributed by atoms with Crippen LogP contribution >= 0.6 is 0 Å². The molecule has 0 aromatic carbocycles. The van der Waals surface area contributed by atoms with Crippen LogP contribution in [-0.4, -0.2) is 16.1 Å². The van der Waals surface area contributed by atoms with Gasteiger partial charge in [-0.05, 0) is 17.5 Å². The van der Waals surface area contributed by atoms with Gasteiger partial charge in [-0.3, -0.25) is 0 Å². The van der Waals surface area contributed by atoms with Crippen molar-refractivity contribution in [1.29, 1.82) is 0 Å². The van der Waals surface area contributed by atoms with E-state index in [0.29, 0.717) is 0 Å². The third kappa shape index (κ3) is 1.64. The number of hydrogen-bond donors (Lipinski definition) is 0. The maximum Gasteiger partial charge on any atom is 0.0875 e. The summed E-state index contributed by atoms with van der Waals surface area (Å²) >= 11 is 0. The average Bonchev–Trinajstić information content (AvgIpc) is 2.16. The predicted molar refractivity (Wildman–Crippen MR) is 74.7 cm³/mol. The number of rotatable bonds is 0. The van der Waals surface area contributed by atoms with Gasteiger partial charge in [0.15, 0.2) is 0 Å². The zero-order chi connectivity index (χ0) is 11.2. The Hall–Kier alpha value is 0.304. The van der Waals surface area contributed by atoms with Crippen molar-refractivity contribution in [3.05, 3.63) is 6.42 Å². The van der Waals surface area contributed by atoms with Crippen molar-refractivity contribution in [2.75, 3.05) is 0 Å². The molecule has 0 unspecified atom stereocenters. The van der Waals surface area contributed by atoms with Gasteiger partial charge in [-0.2, -0.15) is 0 Å². The van der Waals surface area contributed by atoms with Crippen molar-refractivity contribution in [3.8, 4) is 0 Å². The second-order valence-corrected chi connectivity index (χ2v) is 18.0. The molecule has 0 radical (unpaired) electrons. The molecule has 1 saturated heterocycles. The summed E-state index contributed by atoms with van der Waals surface area (Å²) < 4.78 is 0.896. The maximum atomic E-state index is 2.70. The molecule has 1 saturated carbocycles. The summed E-state index contributed by atoms with van der Waals surface area (Å²) in [4.78, 5) is 0. The first-order valence-electron chi connectivity index (χ1n) is 6.73. The molecule has 0 nitrogen and oxygen atoms in total. The Kier molecular flexibility index (Phi) is 2.87. The van der Waals surface area contributed by atoms with E-state index < -0.39 is 16.1 Å². The molecule has 2 rings (SSSR count). The van der Waals surface area contributed by atoms with E-state index in [4.69, 9.17) is 0 Å². The smallest absolute Gasteiger partial charge is 0.0691 e. The molecule has 2 heteroatoms. The van der Waals surface area contributed by atoms with Gasteiger partial charge in [0, 0.05) is 0 Å². The van der Waals surface area contributed by atoms with Crippen LogP contribution in [0.1, 0.15) is 32.1 Å². The van der Waals surface area contributed by atoms with E-state index in [2.05, 4.69) is 32.6 Å². The fourth-order valence-corrected chi connectivity index (χ4v) is 19.5. The monoisotopic (exact) mass is 239 g/mol. The molecule has 2 aliphatic rings. The Labute approximate surface area is 97.9 Å². The molecule has 1 aliphatic heterocycles. The SMILES string of the molecule is C[Si]1(C)CCC[Si](C)(C)C12CC[CH+]CC2. The van der Waals surface area contributed by atoms with Gasteiger partial charge in [-0.25, -0.2) is 0 Å². The highest BCUT2D eigenvalue weighted by molar-refractivity contribution is 7.00. The average molecular weight is 240 g/mol. The van der Waals surface area contributed by atoms with Crippen molar-refractivity contribution in [3.63, 3.8) is 0 Å². The Balaban J connectivity index is 2.35. The quantitative estimate of drug-likeness (QED) is 0.418. The molecular weight excluding hydrogens is 212 g/mol. The fourth-order valence-electron chi connectivity index (χ4n) is 4.69. The molecule has 15 heavy (non-hydrogen) atoms. The van der Waals surface area contributed by atoms with Crippen LogP contribution < -0.4 is 0 Å². The van der Waals surface area contributed by atoms with Gasteiger partial charge >= 0.3 is 0 Å². The van der Waals surface area contributed by atoms with Crippen molar-refractivity contribution < 1.29 is 0 Å². The van der Waals surface area contributed by atoms with Gasteiger partial charge in [-0.1, -0.05) is 44.7 Å². The van der Waals surface area contributed by atoms with Crippen LogP contribution in [0, 0.1) is 6.42 Å². The third-order valence-corrected chi connectivity index (χ3v) is 19.2. The summed E-state index contributed by atoms with van der Waals surface area (Å²) in [5.41, 5.74) is 0. The van der Waals surface area contributed by atoms with Crippen LogP contribution in [0.4, 0.5) is 0 Å². The molecule has 1 aliphatic carbocycles. The van der Waals surface area contributed by atoms with Gasteiger partial charge in [0.2, 0.25) is 0 Å². The summed E-state index contributed by atoms with van der Waals surface area (Å²) in [5.74, 6) is 0. The minimum absolute atomic E-state index is 0.896. The lowest BCUT2D eigenvalue weighted by atomic mass is 9.99. The molecule has 0 N–H and O–H groups in total. The molecule has 0 aromatic heterocycles. The molecule has 1 spiro atoms. The predicted octanol–water partition coefficient (Wildman–Crippen LogP) is 4.86. The topological polar surface area (TPSA) is 0 Å². The summed E-state index contributed by atoms with van der Waals surface area (Å²) in [6, 6.07) is 3.23. The van der Waals surface area contributed by atoms with Crippen LogP contribution in [0.3, 0.4) is 0 Å². The van der Waals surface area contributed by atoms with E-state index in [-0.39, 0.29) is 0 Å². The first-order chi connectivity index (χ1) is 6.91. The Morgan fingerprint density at radius 2 is 1.33 bits per heavy atom. The van der Waals surface area contributed by atoms with E-state index in [1.54, 1.807) is 31.4 Å². The van der Waals surface area contributed by atoms with E-state index in [9.17, 15) is 0 Å². The highest BCUT2D eigenvalue weighted by Gasteiger charge is 2.59. The summed E-state index contributed by atoms with van der Waals surface area (Å²) in [6.07, 6.45) is 10.1. The third-order valence-electron chi connectivity index (χ3n) is 5.75. The normalized spacial score (nSPS) is 32.3. The van der Waals surface area contributed by atoms with Crippen molar-refractivity contribution in [2.24, 2.45) is 0 Å². The molecule has 0 bridgehead atoms. The highest BCUT2D eigenvalue weighted by atomic mass is 28.4. The van der Waals surface area contributed by atoms with Crippen molar-refractivity contribution in [1.82, 2.24) is 0 Å². The Morgan fingerprint density at radius 1 is 0.867 bits per heavy atom. The molecule has 86 valence electrons.